The lowest BCUT2D eigenvalue weighted by atomic mass is 10.2. The SMILES string of the molecule is COc1ccc2c(c1)NC(c1ccc(C)o1)=NC(c1cccs1)=N2. The van der Waals surface area contributed by atoms with Crippen LogP contribution < -0.4 is 10.1 Å². The first-order valence-electron chi connectivity index (χ1n) is 7.46. The number of ether oxygens (including phenoxy) is 1. The second kappa shape index (κ2) is 5.98. The summed E-state index contributed by atoms with van der Waals surface area (Å²) in [6.07, 6.45) is 0. The molecule has 1 aromatic carbocycles. The molecule has 0 amide bonds. The molecule has 1 aliphatic rings. The van der Waals surface area contributed by atoms with Gasteiger partial charge in [-0.15, -0.1) is 11.3 Å². The summed E-state index contributed by atoms with van der Waals surface area (Å²) in [4.78, 5) is 10.4. The molecule has 5 nitrogen and oxygen atoms in total. The molecule has 0 bridgehead atoms. The van der Waals surface area contributed by atoms with Gasteiger partial charge in [0.05, 0.1) is 23.4 Å². The van der Waals surface area contributed by atoms with E-state index in [0.717, 1.165) is 27.8 Å². The fraction of sp³-hybridized carbons (Fsp3) is 0.111. The summed E-state index contributed by atoms with van der Waals surface area (Å²) >= 11 is 1.60. The van der Waals surface area contributed by atoms with Crippen molar-refractivity contribution in [1.82, 2.24) is 0 Å². The van der Waals surface area contributed by atoms with E-state index in [1.165, 1.54) is 0 Å². The van der Waals surface area contributed by atoms with E-state index in [9.17, 15) is 0 Å². The monoisotopic (exact) mass is 337 g/mol. The van der Waals surface area contributed by atoms with Gasteiger partial charge in [-0.05, 0) is 42.6 Å². The molecule has 6 heteroatoms. The zero-order valence-electron chi connectivity index (χ0n) is 13.2. The third kappa shape index (κ3) is 2.72. The Kier molecular flexibility index (Phi) is 3.66. The van der Waals surface area contributed by atoms with Gasteiger partial charge in [0.15, 0.2) is 17.4 Å². The average molecular weight is 337 g/mol. The van der Waals surface area contributed by atoms with Crippen molar-refractivity contribution in [1.29, 1.82) is 0 Å². The molecule has 0 spiro atoms. The predicted octanol–water partition coefficient (Wildman–Crippen LogP) is 4.61. The van der Waals surface area contributed by atoms with Crippen molar-refractivity contribution in [2.24, 2.45) is 9.98 Å². The number of anilines is 1. The number of hydrogen-bond acceptors (Lipinski definition) is 6. The van der Waals surface area contributed by atoms with E-state index in [1.54, 1.807) is 18.4 Å². The Hall–Kier alpha value is -2.86. The van der Waals surface area contributed by atoms with Gasteiger partial charge < -0.3 is 14.5 Å². The van der Waals surface area contributed by atoms with E-state index >= 15 is 0 Å². The molecule has 0 atom stereocenters. The topological polar surface area (TPSA) is 59.1 Å². The number of thiophene rings is 1. The Morgan fingerprint density at radius 1 is 1.12 bits per heavy atom. The smallest absolute Gasteiger partial charge is 0.176 e. The third-order valence-corrected chi connectivity index (χ3v) is 4.48. The zero-order chi connectivity index (χ0) is 16.5. The summed E-state index contributed by atoms with van der Waals surface area (Å²) in [5.41, 5.74) is 1.63. The summed E-state index contributed by atoms with van der Waals surface area (Å²) in [6.45, 7) is 1.91. The number of aryl methyl sites for hydroxylation is 1. The van der Waals surface area contributed by atoms with Crippen LogP contribution in [0.3, 0.4) is 0 Å². The summed E-state index contributed by atoms with van der Waals surface area (Å²) < 4.78 is 11.1. The Morgan fingerprint density at radius 3 is 2.75 bits per heavy atom. The number of furan rings is 1. The quantitative estimate of drug-likeness (QED) is 0.759. The van der Waals surface area contributed by atoms with Crippen LogP contribution in [-0.4, -0.2) is 18.8 Å². The fourth-order valence-corrected chi connectivity index (χ4v) is 3.09. The maximum absolute atomic E-state index is 5.74. The van der Waals surface area contributed by atoms with Crippen LogP contribution in [0, 0.1) is 6.92 Å². The van der Waals surface area contributed by atoms with Crippen LogP contribution in [0.5, 0.6) is 5.75 Å². The van der Waals surface area contributed by atoms with Crippen molar-refractivity contribution in [3.8, 4) is 5.75 Å². The first kappa shape index (κ1) is 14.7. The molecule has 120 valence electrons. The second-order valence-electron chi connectivity index (χ2n) is 5.29. The normalized spacial score (nSPS) is 13.4. The first-order chi connectivity index (χ1) is 11.7. The van der Waals surface area contributed by atoms with E-state index in [4.69, 9.17) is 19.1 Å². The van der Waals surface area contributed by atoms with Crippen LogP contribution in [0.15, 0.2) is 62.2 Å². The summed E-state index contributed by atoms with van der Waals surface area (Å²) in [6, 6.07) is 13.5. The molecule has 0 saturated heterocycles. The molecular weight excluding hydrogens is 322 g/mol. The van der Waals surface area contributed by atoms with Gasteiger partial charge in [-0.25, -0.2) is 9.98 Å². The highest BCUT2D eigenvalue weighted by Gasteiger charge is 2.18. The average Bonchev–Trinajstić information content (AvgIpc) is 3.23. The van der Waals surface area contributed by atoms with E-state index in [2.05, 4.69) is 5.32 Å². The minimum Gasteiger partial charge on any atom is -0.497 e. The molecule has 0 aliphatic carbocycles. The van der Waals surface area contributed by atoms with Crippen molar-refractivity contribution in [3.63, 3.8) is 0 Å². The molecule has 0 unspecified atom stereocenters. The summed E-state index contributed by atoms with van der Waals surface area (Å²) in [5, 5.41) is 5.33. The standard InChI is InChI=1S/C18H15N3O2S/c1-11-5-8-15(23-11)17-20-14-10-12(22-2)6-7-13(14)19-18(21-17)16-4-3-9-24-16/h3-10H,1-2H3,(H,19,20,21). The van der Waals surface area contributed by atoms with E-state index in [0.29, 0.717) is 17.4 Å². The molecular formula is C18H15N3O2S. The number of benzene rings is 1. The van der Waals surface area contributed by atoms with Gasteiger partial charge in [0.1, 0.15) is 11.5 Å². The third-order valence-electron chi connectivity index (χ3n) is 3.62. The van der Waals surface area contributed by atoms with Crippen molar-refractivity contribution >= 4 is 34.4 Å². The highest BCUT2D eigenvalue weighted by atomic mass is 32.1. The minimum atomic E-state index is 0.627. The Labute approximate surface area is 143 Å². The number of rotatable bonds is 3. The number of amidine groups is 2. The summed E-state index contributed by atoms with van der Waals surface area (Å²) in [7, 11) is 1.64. The number of nitrogens with zero attached hydrogens (tertiary/aromatic N) is 2. The lowest BCUT2D eigenvalue weighted by Crippen LogP contribution is -2.14. The Bertz CT molecular complexity index is 939. The van der Waals surface area contributed by atoms with Gasteiger partial charge in [0.2, 0.25) is 0 Å². The van der Waals surface area contributed by atoms with Gasteiger partial charge in [-0.1, -0.05) is 6.07 Å². The van der Waals surface area contributed by atoms with Crippen molar-refractivity contribution in [2.75, 3.05) is 12.4 Å². The molecule has 0 radical (unpaired) electrons. The highest BCUT2D eigenvalue weighted by Crippen LogP contribution is 2.33. The molecule has 1 N–H and O–H groups in total. The van der Waals surface area contributed by atoms with E-state index in [-0.39, 0.29) is 0 Å². The highest BCUT2D eigenvalue weighted by molar-refractivity contribution is 7.12. The molecule has 0 saturated carbocycles. The van der Waals surface area contributed by atoms with Crippen molar-refractivity contribution < 1.29 is 9.15 Å². The zero-order valence-corrected chi connectivity index (χ0v) is 14.1. The van der Waals surface area contributed by atoms with Crippen LogP contribution in [0.1, 0.15) is 16.4 Å². The van der Waals surface area contributed by atoms with Crippen LogP contribution in [0.25, 0.3) is 0 Å². The van der Waals surface area contributed by atoms with Gasteiger partial charge in [-0.2, -0.15) is 0 Å². The molecule has 24 heavy (non-hydrogen) atoms. The number of hydrogen-bond donors (Lipinski definition) is 1. The van der Waals surface area contributed by atoms with Crippen LogP contribution in [0.4, 0.5) is 11.4 Å². The predicted molar refractivity (Wildman–Crippen MR) is 97.1 cm³/mol. The lowest BCUT2D eigenvalue weighted by Gasteiger charge is -2.09. The summed E-state index contributed by atoms with van der Waals surface area (Å²) in [5.74, 6) is 3.55. The van der Waals surface area contributed by atoms with Crippen molar-refractivity contribution in [2.45, 2.75) is 6.92 Å². The number of nitrogens with one attached hydrogen (secondary N) is 1. The minimum absolute atomic E-state index is 0.627. The molecule has 3 aromatic rings. The maximum Gasteiger partial charge on any atom is 0.176 e. The maximum atomic E-state index is 5.74. The second-order valence-corrected chi connectivity index (χ2v) is 6.24. The first-order valence-corrected chi connectivity index (χ1v) is 8.34. The Balaban J connectivity index is 1.87. The Morgan fingerprint density at radius 2 is 2.04 bits per heavy atom. The number of methoxy groups -OCH3 is 1. The number of aliphatic imine (C=N–C) groups is 2. The molecule has 1 aliphatic heterocycles. The van der Waals surface area contributed by atoms with Crippen LogP contribution in [-0.2, 0) is 0 Å². The van der Waals surface area contributed by atoms with Crippen LogP contribution >= 0.6 is 11.3 Å². The molecule has 0 fully saturated rings. The molecule has 3 heterocycles. The van der Waals surface area contributed by atoms with Gasteiger partial charge in [0.25, 0.3) is 0 Å². The molecule has 2 aromatic heterocycles. The van der Waals surface area contributed by atoms with Crippen molar-refractivity contribution in [3.05, 3.63) is 64.2 Å². The van der Waals surface area contributed by atoms with E-state index < -0.39 is 0 Å². The fourth-order valence-electron chi connectivity index (χ4n) is 2.43. The van der Waals surface area contributed by atoms with Crippen LogP contribution in [0.2, 0.25) is 0 Å². The van der Waals surface area contributed by atoms with Gasteiger partial charge >= 0.3 is 0 Å². The molecule has 4 rings (SSSR count). The number of fused-ring (bicyclic) bond motifs is 1. The largest absolute Gasteiger partial charge is 0.497 e. The van der Waals surface area contributed by atoms with Gasteiger partial charge in [0, 0.05) is 6.07 Å². The van der Waals surface area contributed by atoms with Gasteiger partial charge in [-0.3, -0.25) is 0 Å². The lowest BCUT2D eigenvalue weighted by molar-refractivity contribution is 0.415. The van der Waals surface area contributed by atoms with E-state index in [1.807, 2.05) is 54.8 Å².